The SMILES string of the molecule is CCCOC(=O)c1ccc(-n2nnc(C(=O)O)c2C(C)C)cc1. The maximum atomic E-state index is 11.8. The van der Waals surface area contributed by atoms with Crippen molar-refractivity contribution >= 4 is 11.9 Å². The number of hydrogen-bond donors (Lipinski definition) is 1. The Kier molecular flexibility index (Phi) is 5.10. The highest BCUT2D eigenvalue weighted by molar-refractivity contribution is 5.89. The van der Waals surface area contributed by atoms with Crippen LogP contribution in [0.15, 0.2) is 24.3 Å². The monoisotopic (exact) mass is 317 g/mol. The number of aromatic carboxylic acids is 1. The third-order valence-corrected chi connectivity index (χ3v) is 3.24. The average Bonchev–Trinajstić information content (AvgIpc) is 2.98. The normalized spacial score (nSPS) is 10.8. The largest absolute Gasteiger partial charge is 0.476 e. The van der Waals surface area contributed by atoms with E-state index in [0.29, 0.717) is 23.6 Å². The predicted molar refractivity (Wildman–Crippen MR) is 83.0 cm³/mol. The van der Waals surface area contributed by atoms with Gasteiger partial charge in [-0.2, -0.15) is 0 Å². The Labute approximate surface area is 133 Å². The fourth-order valence-electron chi connectivity index (χ4n) is 2.17. The maximum absolute atomic E-state index is 11.8. The van der Waals surface area contributed by atoms with Crippen LogP contribution in [0.2, 0.25) is 0 Å². The molecule has 1 aromatic carbocycles. The van der Waals surface area contributed by atoms with E-state index in [9.17, 15) is 14.7 Å². The smallest absolute Gasteiger partial charge is 0.358 e. The number of carbonyl (C=O) groups excluding carboxylic acids is 1. The van der Waals surface area contributed by atoms with Crippen LogP contribution in [-0.4, -0.2) is 38.6 Å². The van der Waals surface area contributed by atoms with E-state index in [1.807, 2.05) is 20.8 Å². The summed E-state index contributed by atoms with van der Waals surface area (Å²) in [5, 5.41) is 16.9. The molecule has 0 amide bonds. The van der Waals surface area contributed by atoms with Crippen molar-refractivity contribution in [1.82, 2.24) is 15.0 Å². The summed E-state index contributed by atoms with van der Waals surface area (Å²) in [6.45, 7) is 6.05. The average molecular weight is 317 g/mol. The molecule has 1 aromatic heterocycles. The number of esters is 1. The highest BCUT2D eigenvalue weighted by Crippen LogP contribution is 2.21. The van der Waals surface area contributed by atoms with E-state index in [2.05, 4.69) is 10.3 Å². The van der Waals surface area contributed by atoms with Gasteiger partial charge in [-0.1, -0.05) is 26.0 Å². The van der Waals surface area contributed by atoms with Gasteiger partial charge in [0, 0.05) is 0 Å². The zero-order chi connectivity index (χ0) is 17.0. The molecule has 0 radical (unpaired) electrons. The quantitative estimate of drug-likeness (QED) is 0.823. The van der Waals surface area contributed by atoms with Crippen LogP contribution < -0.4 is 0 Å². The standard InChI is InChI=1S/C16H19N3O4/c1-4-9-23-16(22)11-5-7-12(8-6-11)19-14(10(2)3)13(15(20)21)17-18-19/h5-8,10H,4,9H2,1-3H3,(H,20,21). The predicted octanol–water partition coefficient (Wildman–Crippen LogP) is 2.66. The number of rotatable bonds is 6. The summed E-state index contributed by atoms with van der Waals surface area (Å²) in [5.41, 5.74) is 1.53. The Bertz CT molecular complexity index is 705. The van der Waals surface area contributed by atoms with Gasteiger partial charge in [-0.15, -0.1) is 5.10 Å². The Morgan fingerprint density at radius 1 is 1.26 bits per heavy atom. The molecular weight excluding hydrogens is 298 g/mol. The number of carboxylic acids is 1. The number of carbonyl (C=O) groups is 2. The van der Waals surface area contributed by atoms with Crippen LogP contribution in [0.4, 0.5) is 0 Å². The van der Waals surface area contributed by atoms with Crippen LogP contribution in [0.25, 0.3) is 5.69 Å². The number of benzene rings is 1. The van der Waals surface area contributed by atoms with Crippen molar-refractivity contribution in [2.75, 3.05) is 6.61 Å². The topological polar surface area (TPSA) is 94.3 Å². The van der Waals surface area contributed by atoms with Crippen molar-refractivity contribution in [3.63, 3.8) is 0 Å². The first-order valence-corrected chi connectivity index (χ1v) is 7.42. The maximum Gasteiger partial charge on any atom is 0.358 e. The van der Waals surface area contributed by atoms with Gasteiger partial charge in [0.15, 0.2) is 5.69 Å². The molecule has 0 saturated heterocycles. The third-order valence-electron chi connectivity index (χ3n) is 3.24. The van der Waals surface area contributed by atoms with E-state index in [1.165, 1.54) is 4.68 Å². The lowest BCUT2D eigenvalue weighted by molar-refractivity contribution is 0.0504. The minimum Gasteiger partial charge on any atom is -0.476 e. The number of ether oxygens (including phenoxy) is 1. The van der Waals surface area contributed by atoms with Crippen molar-refractivity contribution in [2.45, 2.75) is 33.1 Å². The van der Waals surface area contributed by atoms with Crippen LogP contribution in [0.5, 0.6) is 0 Å². The minimum absolute atomic E-state index is 0.0635. The van der Waals surface area contributed by atoms with Crippen LogP contribution >= 0.6 is 0 Å². The Hall–Kier alpha value is -2.70. The Morgan fingerprint density at radius 2 is 1.91 bits per heavy atom. The number of carboxylic acid groups (broad SMARTS) is 1. The van der Waals surface area contributed by atoms with Crippen LogP contribution in [-0.2, 0) is 4.74 Å². The number of aromatic nitrogens is 3. The first-order valence-electron chi connectivity index (χ1n) is 7.42. The first kappa shape index (κ1) is 16.7. The fraction of sp³-hybridized carbons (Fsp3) is 0.375. The summed E-state index contributed by atoms with van der Waals surface area (Å²) < 4.78 is 6.55. The summed E-state index contributed by atoms with van der Waals surface area (Å²) in [7, 11) is 0. The molecule has 23 heavy (non-hydrogen) atoms. The van der Waals surface area contributed by atoms with Gasteiger partial charge in [-0.3, -0.25) is 0 Å². The lowest BCUT2D eigenvalue weighted by Gasteiger charge is -2.10. The molecule has 0 aliphatic carbocycles. The molecule has 2 rings (SSSR count). The molecule has 7 heteroatoms. The van der Waals surface area contributed by atoms with Crippen molar-refractivity contribution in [3.8, 4) is 5.69 Å². The molecular formula is C16H19N3O4. The lowest BCUT2D eigenvalue weighted by Crippen LogP contribution is -2.09. The van der Waals surface area contributed by atoms with Gasteiger partial charge in [-0.05, 0) is 36.6 Å². The van der Waals surface area contributed by atoms with E-state index >= 15 is 0 Å². The molecule has 122 valence electrons. The van der Waals surface area contributed by atoms with E-state index in [-0.39, 0.29) is 17.6 Å². The van der Waals surface area contributed by atoms with Crippen LogP contribution in [0, 0.1) is 0 Å². The zero-order valence-electron chi connectivity index (χ0n) is 13.3. The second-order valence-electron chi connectivity index (χ2n) is 5.38. The molecule has 0 atom stereocenters. The van der Waals surface area contributed by atoms with E-state index in [1.54, 1.807) is 24.3 Å². The van der Waals surface area contributed by atoms with E-state index < -0.39 is 5.97 Å². The van der Waals surface area contributed by atoms with Crippen LogP contribution in [0.1, 0.15) is 59.7 Å². The van der Waals surface area contributed by atoms with Crippen molar-refractivity contribution in [3.05, 3.63) is 41.2 Å². The van der Waals surface area contributed by atoms with Gasteiger partial charge < -0.3 is 9.84 Å². The summed E-state index contributed by atoms with van der Waals surface area (Å²) >= 11 is 0. The van der Waals surface area contributed by atoms with Gasteiger partial charge in [0.1, 0.15) is 0 Å². The van der Waals surface area contributed by atoms with Gasteiger partial charge in [0.25, 0.3) is 0 Å². The van der Waals surface area contributed by atoms with E-state index in [4.69, 9.17) is 4.74 Å². The van der Waals surface area contributed by atoms with E-state index in [0.717, 1.165) is 6.42 Å². The molecule has 0 aliphatic rings. The van der Waals surface area contributed by atoms with Crippen molar-refractivity contribution in [2.24, 2.45) is 0 Å². The van der Waals surface area contributed by atoms with Gasteiger partial charge in [-0.25, -0.2) is 14.3 Å². The van der Waals surface area contributed by atoms with Gasteiger partial charge >= 0.3 is 11.9 Å². The molecule has 0 fully saturated rings. The molecule has 2 aromatic rings. The zero-order valence-corrected chi connectivity index (χ0v) is 13.3. The first-order chi connectivity index (χ1) is 11.0. The summed E-state index contributed by atoms with van der Waals surface area (Å²) in [4.78, 5) is 23.0. The third kappa shape index (κ3) is 3.56. The number of hydrogen-bond acceptors (Lipinski definition) is 5. The second kappa shape index (κ2) is 7.04. The summed E-state index contributed by atoms with van der Waals surface area (Å²) in [6, 6.07) is 6.63. The van der Waals surface area contributed by atoms with Gasteiger partial charge in [0.05, 0.1) is 23.6 Å². The van der Waals surface area contributed by atoms with Crippen molar-refractivity contribution in [1.29, 1.82) is 0 Å². The van der Waals surface area contributed by atoms with Gasteiger partial charge in [0.2, 0.25) is 0 Å². The Balaban J connectivity index is 2.33. The molecule has 0 aliphatic heterocycles. The lowest BCUT2D eigenvalue weighted by atomic mass is 10.1. The molecule has 1 heterocycles. The molecule has 0 spiro atoms. The molecule has 1 N–H and O–H groups in total. The van der Waals surface area contributed by atoms with Crippen LogP contribution in [0.3, 0.4) is 0 Å². The molecule has 7 nitrogen and oxygen atoms in total. The highest BCUT2D eigenvalue weighted by atomic mass is 16.5. The number of nitrogens with zero attached hydrogens (tertiary/aromatic N) is 3. The highest BCUT2D eigenvalue weighted by Gasteiger charge is 2.22. The summed E-state index contributed by atoms with van der Waals surface area (Å²) in [5.74, 6) is -1.56. The Morgan fingerprint density at radius 3 is 2.43 bits per heavy atom. The second-order valence-corrected chi connectivity index (χ2v) is 5.38. The van der Waals surface area contributed by atoms with Crippen molar-refractivity contribution < 1.29 is 19.4 Å². The minimum atomic E-state index is -1.11. The summed E-state index contributed by atoms with van der Waals surface area (Å²) in [6.07, 6.45) is 0.762. The fourth-order valence-corrected chi connectivity index (χ4v) is 2.17. The molecule has 0 unspecified atom stereocenters. The molecule has 0 saturated carbocycles. The molecule has 0 bridgehead atoms.